The van der Waals surface area contributed by atoms with Gasteiger partial charge in [-0.3, -0.25) is 0 Å². The standard InChI is InChI=1S/C11H16N2O5/c1-2-3-9(10(14)15)13-11(16)12-6-8-7-17-4-5-18-8/h1,8-9H,3-7H2,(H,14,15)(H2,12,13,16). The summed E-state index contributed by atoms with van der Waals surface area (Å²) in [5, 5.41) is 13.6. The van der Waals surface area contributed by atoms with Gasteiger partial charge < -0.3 is 25.2 Å². The lowest BCUT2D eigenvalue weighted by atomic mass is 10.2. The highest BCUT2D eigenvalue weighted by molar-refractivity contribution is 5.82. The summed E-state index contributed by atoms with van der Waals surface area (Å²) in [4.78, 5) is 22.2. The van der Waals surface area contributed by atoms with Crippen molar-refractivity contribution in [2.75, 3.05) is 26.4 Å². The zero-order valence-corrected chi connectivity index (χ0v) is 9.85. The van der Waals surface area contributed by atoms with Crippen molar-refractivity contribution in [1.29, 1.82) is 0 Å². The molecule has 0 radical (unpaired) electrons. The lowest BCUT2D eigenvalue weighted by Gasteiger charge is -2.23. The van der Waals surface area contributed by atoms with E-state index in [4.69, 9.17) is 21.0 Å². The van der Waals surface area contributed by atoms with Gasteiger partial charge in [-0.05, 0) is 0 Å². The second kappa shape index (κ2) is 7.53. The van der Waals surface area contributed by atoms with E-state index in [1.165, 1.54) is 0 Å². The fourth-order valence-electron chi connectivity index (χ4n) is 1.39. The van der Waals surface area contributed by atoms with Gasteiger partial charge in [-0.25, -0.2) is 9.59 Å². The van der Waals surface area contributed by atoms with E-state index in [1.807, 2.05) is 0 Å². The van der Waals surface area contributed by atoms with Crippen molar-refractivity contribution in [2.24, 2.45) is 0 Å². The van der Waals surface area contributed by atoms with Gasteiger partial charge in [-0.2, -0.15) is 0 Å². The number of carbonyl (C=O) groups is 2. The number of hydrogen-bond donors (Lipinski definition) is 3. The van der Waals surface area contributed by atoms with Gasteiger partial charge in [-0.1, -0.05) is 0 Å². The Bertz CT molecular complexity index is 333. The molecule has 2 amide bonds. The second-order valence-electron chi connectivity index (χ2n) is 3.72. The molecule has 0 aliphatic carbocycles. The number of amides is 2. The summed E-state index contributed by atoms with van der Waals surface area (Å²) in [6.07, 6.45) is 4.74. The molecule has 0 spiro atoms. The quantitative estimate of drug-likeness (QED) is 0.558. The molecule has 100 valence electrons. The van der Waals surface area contributed by atoms with Gasteiger partial charge in [0.2, 0.25) is 0 Å². The summed E-state index contributed by atoms with van der Waals surface area (Å²) >= 11 is 0. The third kappa shape index (κ3) is 5.03. The van der Waals surface area contributed by atoms with Crippen LogP contribution in [0.4, 0.5) is 4.79 Å². The number of ether oxygens (including phenoxy) is 2. The number of carboxylic acid groups (broad SMARTS) is 1. The van der Waals surface area contributed by atoms with Crippen molar-refractivity contribution in [3.8, 4) is 12.3 Å². The molecule has 0 aromatic carbocycles. The van der Waals surface area contributed by atoms with Crippen molar-refractivity contribution in [3.63, 3.8) is 0 Å². The monoisotopic (exact) mass is 256 g/mol. The van der Waals surface area contributed by atoms with Crippen LogP contribution in [0.3, 0.4) is 0 Å². The second-order valence-corrected chi connectivity index (χ2v) is 3.72. The highest BCUT2D eigenvalue weighted by atomic mass is 16.6. The van der Waals surface area contributed by atoms with Crippen molar-refractivity contribution in [1.82, 2.24) is 10.6 Å². The number of carboxylic acids is 1. The number of urea groups is 1. The SMILES string of the molecule is C#CCC(NC(=O)NCC1COCCO1)C(=O)O. The third-order valence-corrected chi connectivity index (χ3v) is 2.30. The van der Waals surface area contributed by atoms with Gasteiger partial charge in [0.1, 0.15) is 6.04 Å². The molecule has 2 unspecified atom stereocenters. The molecule has 0 saturated carbocycles. The van der Waals surface area contributed by atoms with Gasteiger partial charge in [0, 0.05) is 13.0 Å². The van der Waals surface area contributed by atoms with E-state index in [9.17, 15) is 9.59 Å². The first-order valence-electron chi connectivity index (χ1n) is 5.53. The highest BCUT2D eigenvalue weighted by Gasteiger charge is 2.20. The first-order chi connectivity index (χ1) is 8.63. The average molecular weight is 256 g/mol. The van der Waals surface area contributed by atoms with Gasteiger partial charge in [0.05, 0.1) is 25.9 Å². The number of hydrogen-bond acceptors (Lipinski definition) is 4. The summed E-state index contributed by atoms with van der Waals surface area (Å²) < 4.78 is 10.5. The Balaban J connectivity index is 2.27. The normalized spacial score (nSPS) is 20.5. The van der Waals surface area contributed by atoms with E-state index in [0.717, 1.165) is 0 Å². The molecular weight excluding hydrogens is 240 g/mol. The third-order valence-electron chi connectivity index (χ3n) is 2.30. The summed E-state index contributed by atoms with van der Waals surface area (Å²) in [5.41, 5.74) is 0. The highest BCUT2D eigenvalue weighted by Crippen LogP contribution is 1.99. The predicted molar refractivity (Wildman–Crippen MR) is 62.0 cm³/mol. The Morgan fingerprint density at radius 3 is 2.83 bits per heavy atom. The minimum Gasteiger partial charge on any atom is -0.480 e. The van der Waals surface area contributed by atoms with E-state index >= 15 is 0 Å². The predicted octanol–water partition coefficient (Wildman–Crippen LogP) is -0.822. The van der Waals surface area contributed by atoms with Gasteiger partial charge >= 0.3 is 12.0 Å². The fraction of sp³-hybridized carbons (Fsp3) is 0.636. The topological polar surface area (TPSA) is 96.9 Å². The van der Waals surface area contributed by atoms with E-state index in [0.29, 0.717) is 19.8 Å². The molecule has 1 heterocycles. The molecule has 1 rings (SSSR count). The Hall–Kier alpha value is -1.78. The van der Waals surface area contributed by atoms with Crippen molar-refractivity contribution >= 4 is 12.0 Å². The minimum atomic E-state index is -1.17. The Kier molecular flexibility index (Phi) is 5.97. The summed E-state index contributed by atoms with van der Waals surface area (Å²) in [5.74, 6) is 1.03. The zero-order valence-electron chi connectivity index (χ0n) is 9.85. The average Bonchev–Trinajstić information content (AvgIpc) is 2.37. The maximum atomic E-state index is 11.4. The van der Waals surface area contributed by atoms with Crippen molar-refractivity contribution < 1.29 is 24.2 Å². The molecule has 0 aromatic heterocycles. The lowest BCUT2D eigenvalue weighted by molar-refractivity contribution is -0.139. The number of rotatable bonds is 5. The Labute approximate surface area is 105 Å². The van der Waals surface area contributed by atoms with Crippen LogP contribution in [0.15, 0.2) is 0 Å². The maximum absolute atomic E-state index is 11.4. The van der Waals surface area contributed by atoms with Gasteiger partial charge in [0.15, 0.2) is 0 Å². The molecule has 1 saturated heterocycles. The molecule has 2 atom stereocenters. The van der Waals surface area contributed by atoms with Crippen LogP contribution in [0, 0.1) is 12.3 Å². The van der Waals surface area contributed by atoms with Crippen LogP contribution < -0.4 is 10.6 Å². The molecule has 0 aromatic rings. The molecule has 0 bridgehead atoms. The van der Waals surface area contributed by atoms with E-state index in [-0.39, 0.29) is 19.1 Å². The summed E-state index contributed by atoms with van der Waals surface area (Å²) in [6, 6.07) is -1.68. The summed E-state index contributed by atoms with van der Waals surface area (Å²) in [6.45, 7) is 1.70. The number of carbonyl (C=O) groups excluding carboxylic acids is 1. The van der Waals surface area contributed by atoms with E-state index in [2.05, 4.69) is 16.6 Å². The number of aliphatic carboxylic acids is 1. The number of terminal acetylenes is 1. The lowest BCUT2D eigenvalue weighted by Crippen LogP contribution is -2.48. The number of nitrogens with one attached hydrogen (secondary N) is 2. The van der Waals surface area contributed by atoms with Crippen LogP contribution in [0.25, 0.3) is 0 Å². The Morgan fingerprint density at radius 2 is 2.28 bits per heavy atom. The van der Waals surface area contributed by atoms with Crippen LogP contribution in [0.1, 0.15) is 6.42 Å². The van der Waals surface area contributed by atoms with Gasteiger partial charge in [0.25, 0.3) is 0 Å². The molecule has 7 heteroatoms. The van der Waals surface area contributed by atoms with Crippen molar-refractivity contribution in [2.45, 2.75) is 18.6 Å². The largest absolute Gasteiger partial charge is 0.480 e. The molecular formula is C11H16N2O5. The van der Waals surface area contributed by atoms with Crippen LogP contribution in [-0.4, -0.2) is 55.6 Å². The van der Waals surface area contributed by atoms with Gasteiger partial charge in [-0.15, -0.1) is 12.3 Å². The van der Waals surface area contributed by atoms with E-state index < -0.39 is 18.0 Å². The van der Waals surface area contributed by atoms with Crippen LogP contribution >= 0.6 is 0 Å². The van der Waals surface area contributed by atoms with Crippen LogP contribution in [-0.2, 0) is 14.3 Å². The molecule has 1 aliphatic rings. The molecule has 7 nitrogen and oxygen atoms in total. The first kappa shape index (κ1) is 14.3. The molecule has 1 fully saturated rings. The summed E-state index contributed by atoms with van der Waals surface area (Å²) in [7, 11) is 0. The zero-order chi connectivity index (χ0) is 13.4. The van der Waals surface area contributed by atoms with Crippen LogP contribution in [0.5, 0.6) is 0 Å². The van der Waals surface area contributed by atoms with Crippen LogP contribution in [0.2, 0.25) is 0 Å². The van der Waals surface area contributed by atoms with E-state index in [1.54, 1.807) is 0 Å². The maximum Gasteiger partial charge on any atom is 0.327 e. The molecule has 18 heavy (non-hydrogen) atoms. The smallest absolute Gasteiger partial charge is 0.327 e. The molecule has 3 N–H and O–H groups in total. The minimum absolute atomic E-state index is 0.0637. The Morgan fingerprint density at radius 1 is 1.50 bits per heavy atom. The fourth-order valence-corrected chi connectivity index (χ4v) is 1.39. The van der Waals surface area contributed by atoms with Crippen molar-refractivity contribution in [3.05, 3.63) is 0 Å². The first-order valence-corrected chi connectivity index (χ1v) is 5.53. The molecule has 1 aliphatic heterocycles.